The van der Waals surface area contributed by atoms with Gasteiger partial charge in [-0.2, -0.15) is 0 Å². The first-order chi connectivity index (χ1) is 6.15. The van der Waals surface area contributed by atoms with Gasteiger partial charge in [-0.1, -0.05) is 0 Å². The van der Waals surface area contributed by atoms with Gasteiger partial charge < -0.3 is 16.2 Å². The molecule has 1 atom stereocenters. The van der Waals surface area contributed by atoms with Crippen LogP contribution in [0.25, 0.3) is 0 Å². The molecule has 0 aromatic rings. The standard InChI is InChI=1S/C9H18N2O2/c1-11-7-4-2-6(3-5-7)8(12)9(10)13/h6-8,11-12H,2-5H2,1H3,(H2,10,13)/t6-,7+,8-/m1/s1. The zero-order chi connectivity index (χ0) is 9.84. The van der Waals surface area contributed by atoms with E-state index in [1.807, 2.05) is 7.05 Å². The monoisotopic (exact) mass is 186 g/mol. The maximum atomic E-state index is 10.7. The summed E-state index contributed by atoms with van der Waals surface area (Å²) in [5, 5.41) is 12.6. The van der Waals surface area contributed by atoms with Crippen molar-refractivity contribution in [3.8, 4) is 0 Å². The second-order valence-corrected chi connectivity index (χ2v) is 3.75. The molecule has 4 heteroatoms. The maximum absolute atomic E-state index is 10.7. The van der Waals surface area contributed by atoms with Crippen molar-refractivity contribution in [3.63, 3.8) is 0 Å². The van der Waals surface area contributed by atoms with Gasteiger partial charge in [-0.25, -0.2) is 0 Å². The number of rotatable bonds is 3. The molecule has 0 aliphatic heterocycles. The Morgan fingerprint density at radius 3 is 2.38 bits per heavy atom. The average Bonchev–Trinajstić information content (AvgIpc) is 2.17. The van der Waals surface area contributed by atoms with E-state index in [9.17, 15) is 9.90 Å². The van der Waals surface area contributed by atoms with Crippen LogP contribution in [0.5, 0.6) is 0 Å². The fraction of sp³-hybridized carbons (Fsp3) is 0.889. The number of aliphatic hydroxyl groups is 1. The first-order valence-electron chi connectivity index (χ1n) is 4.79. The number of hydrogen-bond donors (Lipinski definition) is 3. The topological polar surface area (TPSA) is 75.3 Å². The summed E-state index contributed by atoms with van der Waals surface area (Å²) in [4.78, 5) is 10.7. The lowest BCUT2D eigenvalue weighted by atomic mass is 9.82. The lowest BCUT2D eigenvalue weighted by Gasteiger charge is -2.29. The fourth-order valence-corrected chi connectivity index (χ4v) is 1.96. The summed E-state index contributed by atoms with van der Waals surface area (Å²) in [6.07, 6.45) is 2.86. The Labute approximate surface area is 78.5 Å². The van der Waals surface area contributed by atoms with Gasteiger partial charge in [0.2, 0.25) is 5.91 Å². The summed E-state index contributed by atoms with van der Waals surface area (Å²) >= 11 is 0. The molecule has 1 aliphatic rings. The van der Waals surface area contributed by atoms with E-state index in [1.165, 1.54) is 0 Å². The van der Waals surface area contributed by atoms with Gasteiger partial charge >= 0.3 is 0 Å². The molecule has 0 heterocycles. The molecule has 0 radical (unpaired) electrons. The normalized spacial score (nSPS) is 31.2. The number of nitrogens with one attached hydrogen (secondary N) is 1. The minimum absolute atomic E-state index is 0.0714. The molecule has 13 heavy (non-hydrogen) atoms. The van der Waals surface area contributed by atoms with E-state index in [1.54, 1.807) is 0 Å². The number of hydrogen-bond acceptors (Lipinski definition) is 3. The molecule has 0 saturated heterocycles. The number of carbonyl (C=O) groups excluding carboxylic acids is 1. The zero-order valence-corrected chi connectivity index (χ0v) is 7.99. The molecule has 0 bridgehead atoms. The lowest BCUT2D eigenvalue weighted by molar-refractivity contribution is -0.129. The van der Waals surface area contributed by atoms with Gasteiger partial charge in [0.25, 0.3) is 0 Å². The molecule has 4 nitrogen and oxygen atoms in total. The van der Waals surface area contributed by atoms with E-state index in [0.717, 1.165) is 25.7 Å². The van der Waals surface area contributed by atoms with Gasteiger partial charge in [0.05, 0.1) is 0 Å². The average molecular weight is 186 g/mol. The van der Waals surface area contributed by atoms with E-state index in [4.69, 9.17) is 5.73 Å². The molecule has 1 fully saturated rings. The Hall–Kier alpha value is -0.610. The number of amides is 1. The lowest BCUT2D eigenvalue weighted by Crippen LogP contribution is -2.39. The van der Waals surface area contributed by atoms with Gasteiger partial charge in [-0.3, -0.25) is 4.79 Å². The Balaban J connectivity index is 2.36. The highest BCUT2D eigenvalue weighted by Gasteiger charge is 2.28. The molecule has 1 rings (SSSR count). The van der Waals surface area contributed by atoms with Crippen LogP contribution in [0.1, 0.15) is 25.7 Å². The Kier molecular flexibility index (Phi) is 3.69. The number of carbonyl (C=O) groups is 1. The number of nitrogens with two attached hydrogens (primary N) is 1. The largest absolute Gasteiger partial charge is 0.383 e. The van der Waals surface area contributed by atoms with Gasteiger partial charge in [0, 0.05) is 6.04 Å². The zero-order valence-electron chi connectivity index (χ0n) is 7.99. The molecule has 0 spiro atoms. The van der Waals surface area contributed by atoms with Crippen LogP contribution < -0.4 is 11.1 Å². The fourth-order valence-electron chi connectivity index (χ4n) is 1.96. The van der Waals surface area contributed by atoms with Crippen LogP contribution in [0, 0.1) is 5.92 Å². The van der Waals surface area contributed by atoms with E-state index < -0.39 is 12.0 Å². The Morgan fingerprint density at radius 2 is 2.00 bits per heavy atom. The van der Waals surface area contributed by atoms with Crippen molar-refractivity contribution in [2.24, 2.45) is 11.7 Å². The maximum Gasteiger partial charge on any atom is 0.246 e. The highest BCUT2D eigenvalue weighted by Crippen LogP contribution is 2.26. The van der Waals surface area contributed by atoms with Gasteiger partial charge in [0.1, 0.15) is 6.10 Å². The van der Waals surface area contributed by atoms with Crippen LogP contribution in [0.15, 0.2) is 0 Å². The minimum Gasteiger partial charge on any atom is -0.383 e. The SMILES string of the molecule is CN[C@H]1CC[C@@H]([C@@H](O)C(N)=O)CC1. The van der Waals surface area contributed by atoms with Crippen molar-refractivity contribution in [2.75, 3.05) is 7.05 Å². The molecule has 0 aromatic heterocycles. The predicted molar refractivity (Wildman–Crippen MR) is 50.0 cm³/mol. The van der Waals surface area contributed by atoms with Crippen molar-refractivity contribution in [2.45, 2.75) is 37.8 Å². The molecule has 1 amide bonds. The van der Waals surface area contributed by atoms with Crippen LogP contribution in [0.3, 0.4) is 0 Å². The van der Waals surface area contributed by atoms with Crippen LogP contribution in [-0.4, -0.2) is 30.2 Å². The molecule has 0 unspecified atom stereocenters. The summed E-state index contributed by atoms with van der Waals surface area (Å²) in [6, 6.07) is 0.538. The van der Waals surface area contributed by atoms with Crippen molar-refractivity contribution in [1.82, 2.24) is 5.32 Å². The first-order valence-corrected chi connectivity index (χ1v) is 4.79. The quantitative estimate of drug-likeness (QED) is 0.562. The number of aliphatic hydroxyl groups excluding tert-OH is 1. The van der Waals surface area contributed by atoms with Crippen molar-refractivity contribution < 1.29 is 9.90 Å². The third kappa shape index (κ3) is 2.67. The van der Waals surface area contributed by atoms with Gasteiger partial charge in [-0.05, 0) is 38.6 Å². The second kappa shape index (κ2) is 4.58. The highest BCUT2D eigenvalue weighted by atomic mass is 16.3. The minimum atomic E-state index is -0.946. The molecule has 0 aromatic carbocycles. The van der Waals surface area contributed by atoms with Crippen LogP contribution in [0.4, 0.5) is 0 Å². The molecule has 1 aliphatic carbocycles. The van der Waals surface area contributed by atoms with E-state index in [0.29, 0.717) is 6.04 Å². The van der Waals surface area contributed by atoms with Crippen molar-refractivity contribution in [3.05, 3.63) is 0 Å². The molecule has 76 valence electrons. The summed E-state index contributed by atoms with van der Waals surface area (Å²) < 4.78 is 0. The highest BCUT2D eigenvalue weighted by molar-refractivity contribution is 5.78. The summed E-state index contributed by atoms with van der Waals surface area (Å²) in [5.41, 5.74) is 5.03. The molecule has 1 saturated carbocycles. The summed E-state index contributed by atoms with van der Waals surface area (Å²) in [5.74, 6) is -0.519. The van der Waals surface area contributed by atoms with E-state index >= 15 is 0 Å². The Morgan fingerprint density at radius 1 is 1.46 bits per heavy atom. The van der Waals surface area contributed by atoms with Gasteiger partial charge in [-0.15, -0.1) is 0 Å². The first kappa shape index (κ1) is 10.5. The van der Waals surface area contributed by atoms with E-state index in [2.05, 4.69) is 5.32 Å². The second-order valence-electron chi connectivity index (χ2n) is 3.75. The van der Waals surface area contributed by atoms with E-state index in [-0.39, 0.29) is 5.92 Å². The third-order valence-electron chi connectivity index (χ3n) is 2.92. The summed E-state index contributed by atoms with van der Waals surface area (Å²) in [7, 11) is 1.94. The van der Waals surface area contributed by atoms with Crippen LogP contribution in [-0.2, 0) is 4.79 Å². The molecular formula is C9H18N2O2. The van der Waals surface area contributed by atoms with Crippen LogP contribution in [0.2, 0.25) is 0 Å². The smallest absolute Gasteiger partial charge is 0.246 e. The van der Waals surface area contributed by atoms with Crippen molar-refractivity contribution in [1.29, 1.82) is 0 Å². The Bertz CT molecular complexity index is 176. The van der Waals surface area contributed by atoms with Crippen molar-refractivity contribution >= 4 is 5.91 Å². The molecule has 4 N–H and O–H groups in total. The molecular weight excluding hydrogens is 168 g/mol. The number of primary amides is 1. The van der Waals surface area contributed by atoms with Gasteiger partial charge in [0.15, 0.2) is 0 Å². The van der Waals surface area contributed by atoms with Crippen LogP contribution >= 0.6 is 0 Å². The predicted octanol–water partition coefficient (Wildman–Crippen LogP) is -0.389. The third-order valence-corrected chi connectivity index (χ3v) is 2.92. The summed E-state index contributed by atoms with van der Waals surface area (Å²) in [6.45, 7) is 0.